The fourth-order valence-corrected chi connectivity index (χ4v) is 2.22. The lowest BCUT2D eigenvalue weighted by Crippen LogP contribution is -2.45. The van der Waals surface area contributed by atoms with Crippen LogP contribution < -0.4 is 10.6 Å². The van der Waals surface area contributed by atoms with Crippen molar-refractivity contribution in [3.05, 3.63) is 65.7 Å². The molecule has 0 spiro atoms. The van der Waals surface area contributed by atoms with Gasteiger partial charge in [0.2, 0.25) is 11.8 Å². The van der Waals surface area contributed by atoms with Gasteiger partial charge in [0, 0.05) is 5.69 Å². The minimum absolute atomic E-state index is 0.198. The summed E-state index contributed by atoms with van der Waals surface area (Å²) in [6, 6.07) is 17.9. The lowest BCUT2D eigenvalue weighted by Gasteiger charge is -2.25. The van der Waals surface area contributed by atoms with Gasteiger partial charge in [0.05, 0.1) is 17.7 Å². The Morgan fingerprint density at radius 1 is 1.00 bits per heavy atom. The molecular formula is C20H21N3O2. The summed E-state index contributed by atoms with van der Waals surface area (Å²) >= 11 is 0. The smallest absolute Gasteiger partial charge is 0.239 e. The normalized spacial score (nSPS) is 11.9. The monoisotopic (exact) mass is 335 g/mol. The van der Waals surface area contributed by atoms with Gasteiger partial charge < -0.3 is 10.6 Å². The highest BCUT2D eigenvalue weighted by Gasteiger charge is 2.36. The summed E-state index contributed by atoms with van der Waals surface area (Å²) in [5.41, 5.74) is 0.781. The first-order valence-electron chi connectivity index (χ1n) is 8.02. The molecule has 0 radical (unpaired) electrons. The molecular weight excluding hydrogens is 314 g/mol. The number of benzene rings is 2. The van der Waals surface area contributed by atoms with E-state index in [2.05, 4.69) is 10.6 Å². The van der Waals surface area contributed by atoms with E-state index in [0.717, 1.165) is 5.56 Å². The Balaban J connectivity index is 2.04. The predicted molar refractivity (Wildman–Crippen MR) is 96.6 cm³/mol. The lowest BCUT2D eigenvalue weighted by molar-refractivity contribution is -0.138. The third kappa shape index (κ3) is 4.45. The molecule has 0 aliphatic rings. The highest BCUT2D eigenvalue weighted by molar-refractivity contribution is 6.09. The SMILES string of the molecule is CC(NC(=O)C(C)(C)C(=O)Nc1ccc(C#N)cc1)c1ccccc1. The molecule has 128 valence electrons. The van der Waals surface area contributed by atoms with Crippen molar-refractivity contribution in [1.82, 2.24) is 5.32 Å². The van der Waals surface area contributed by atoms with Gasteiger partial charge in [-0.1, -0.05) is 30.3 Å². The molecule has 2 rings (SSSR count). The van der Waals surface area contributed by atoms with E-state index in [4.69, 9.17) is 5.26 Å². The Morgan fingerprint density at radius 2 is 1.60 bits per heavy atom. The van der Waals surface area contributed by atoms with Gasteiger partial charge in [-0.2, -0.15) is 5.26 Å². The summed E-state index contributed by atoms with van der Waals surface area (Å²) in [5.74, 6) is -0.759. The quantitative estimate of drug-likeness (QED) is 0.822. The molecule has 1 unspecified atom stereocenters. The fraction of sp³-hybridized carbons (Fsp3) is 0.250. The maximum absolute atomic E-state index is 12.6. The Bertz CT molecular complexity index is 790. The maximum Gasteiger partial charge on any atom is 0.239 e. The zero-order valence-corrected chi connectivity index (χ0v) is 14.5. The number of hydrogen-bond acceptors (Lipinski definition) is 3. The number of amides is 2. The number of nitrogens with one attached hydrogen (secondary N) is 2. The van der Waals surface area contributed by atoms with Crippen LogP contribution in [0.15, 0.2) is 54.6 Å². The van der Waals surface area contributed by atoms with E-state index in [-0.39, 0.29) is 11.9 Å². The summed E-state index contributed by atoms with van der Waals surface area (Å²) < 4.78 is 0. The molecule has 5 heteroatoms. The highest BCUT2D eigenvalue weighted by atomic mass is 16.2. The molecule has 0 bridgehead atoms. The van der Waals surface area contributed by atoms with Crippen molar-refractivity contribution in [2.45, 2.75) is 26.8 Å². The molecule has 2 aromatic rings. The van der Waals surface area contributed by atoms with Crippen molar-refractivity contribution in [3.8, 4) is 6.07 Å². The van der Waals surface area contributed by atoms with E-state index in [9.17, 15) is 9.59 Å². The zero-order valence-electron chi connectivity index (χ0n) is 14.5. The van der Waals surface area contributed by atoms with Crippen LogP contribution in [0.1, 0.15) is 37.9 Å². The van der Waals surface area contributed by atoms with Crippen LogP contribution in [0.2, 0.25) is 0 Å². The Labute approximate surface area is 147 Å². The molecule has 0 saturated carbocycles. The maximum atomic E-state index is 12.6. The largest absolute Gasteiger partial charge is 0.349 e. The van der Waals surface area contributed by atoms with Crippen molar-refractivity contribution < 1.29 is 9.59 Å². The van der Waals surface area contributed by atoms with Crippen molar-refractivity contribution in [2.24, 2.45) is 5.41 Å². The highest BCUT2D eigenvalue weighted by Crippen LogP contribution is 2.21. The van der Waals surface area contributed by atoms with Crippen LogP contribution in [0.25, 0.3) is 0 Å². The lowest BCUT2D eigenvalue weighted by atomic mass is 9.90. The Kier molecular flexibility index (Phi) is 5.56. The van der Waals surface area contributed by atoms with Crippen LogP contribution in [-0.4, -0.2) is 11.8 Å². The van der Waals surface area contributed by atoms with Crippen molar-refractivity contribution in [2.75, 3.05) is 5.32 Å². The van der Waals surface area contributed by atoms with Crippen molar-refractivity contribution in [3.63, 3.8) is 0 Å². The predicted octanol–water partition coefficient (Wildman–Crippen LogP) is 3.40. The average molecular weight is 335 g/mol. The standard InChI is InChI=1S/C20H21N3O2/c1-14(16-7-5-4-6-8-16)22-18(24)20(2,3)19(25)23-17-11-9-15(13-21)10-12-17/h4-12,14H,1-3H3,(H,22,24)(H,23,25). The van der Waals surface area contributed by atoms with Gasteiger partial charge >= 0.3 is 0 Å². The van der Waals surface area contributed by atoms with Gasteiger partial charge in [-0.15, -0.1) is 0 Å². The van der Waals surface area contributed by atoms with Crippen molar-refractivity contribution >= 4 is 17.5 Å². The number of anilines is 1. The molecule has 0 saturated heterocycles. The first-order chi connectivity index (χ1) is 11.8. The topological polar surface area (TPSA) is 82.0 Å². The summed E-state index contributed by atoms with van der Waals surface area (Å²) in [5, 5.41) is 14.4. The van der Waals surface area contributed by atoms with Crippen LogP contribution in [0.3, 0.4) is 0 Å². The van der Waals surface area contributed by atoms with Crippen molar-refractivity contribution in [1.29, 1.82) is 5.26 Å². The molecule has 0 aliphatic heterocycles. The minimum atomic E-state index is -1.24. The minimum Gasteiger partial charge on any atom is -0.349 e. The molecule has 0 fully saturated rings. The van der Waals surface area contributed by atoms with E-state index in [1.807, 2.05) is 43.3 Å². The molecule has 25 heavy (non-hydrogen) atoms. The summed E-state index contributed by atoms with van der Waals surface area (Å²) in [4.78, 5) is 25.1. The Morgan fingerprint density at radius 3 is 2.16 bits per heavy atom. The summed E-state index contributed by atoms with van der Waals surface area (Å²) in [7, 11) is 0. The zero-order chi connectivity index (χ0) is 18.4. The third-order valence-corrected chi connectivity index (χ3v) is 4.05. The number of hydrogen-bond donors (Lipinski definition) is 2. The summed E-state index contributed by atoms with van der Waals surface area (Å²) in [6.07, 6.45) is 0. The second-order valence-corrected chi connectivity index (χ2v) is 6.37. The van der Waals surface area contributed by atoms with Gasteiger partial charge in [-0.05, 0) is 50.6 Å². The van der Waals surface area contributed by atoms with E-state index < -0.39 is 11.3 Å². The first kappa shape index (κ1) is 18.2. The molecule has 0 aliphatic carbocycles. The van der Waals surface area contributed by atoms with Crippen LogP contribution >= 0.6 is 0 Å². The Hall–Kier alpha value is -3.13. The molecule has 2 aromatic carbocycles. The van der Waals surface area contributed by atoms with Gasteiger partial charge in [0.1, 0.15) is 5.41 Å². The molecule has 2 N–H and O–H groups in total. The average Bonchev–Trinajstić information content (AvgIpc) is 2.62. The van der Waals surface area contributed by atoms with Crippen LogP contribution in [0.4, 0.5) is 5.69 Å². The molecule has 0 aromatic heterocycles. The van der Waals surface area contributed by atoms with E-state index in [0.29, 0.717) is 11.3 Å². The van der Waals surface area contributed by atoms with E-state index >= 15 is 0 Å². The third-order valence-electron chi connectivity index (χ3n) is 4.05. The van der Waals surface area contributed by atoms with Gasteiger partial charge in [-0.3, -0.25) is 9.59 Å². The van der Waals surface area contributed by atoms with Gasteiger partial charge in [0.15, 0.2) is 0 Å². The molecule has 0 heterocycles. The van der Waals surface area contributed by atoms with Crippen LogP contribution in [0.5, 0.6) is 0 Å². The van der Waals surface area contributed by atoms with E-state index in [1.54, 1.807) is 38.1 Å². The molecule has 2 amide bonds. The first-order valence-corrected chi connectivity index (χ1v) is 8.02. The second-order valence-electron chi connectivity index (χ2n) is 6.37. The van der Waals surface area contributed by atoms with E-state index in [1.165, 1.54) is 0 Å². The second kappa shape index (κ2) is 7.63. The number of nitrogens with zero attached hydrogens (tertiary/aromatic N) is 1. The van der Waals surface area contributed by atoms with Crippen LogP contribution in [-0.2, 0) is 9.59 Å². The van der Waals surface area contributed by atoms with Gasteiger partial charge in [0.25, 0.3) is 0 Å². The molecule has 1 atom stereocenters. The fourth-order valence-electron chi connectivity index (χ4n) is 2.22. The number of nitriles is 1. The molecule has 5 nitrogen and oxygen atoms in total. The number of rotatable bonds is 5. The number of carbonyl (C=O) groups is 2. The van der Waals surface area contributed by atoms with Gasteiger partial charge in [-0.25, -0.2) is 0 Å². The van der Waals surface area contributed by atoms with Crippen LogP contribution in [0, 0.1) is 16.7 Å². The number of carbonyl (C=O) groups excluding carboxylic acids is 2. The summed E-state index contributed by atoms with van der Waals surface area (Å²) in [6.45, 7) is 5.04.